The van der Waals surface area contributed by atoms with Gasteiger partial charge in [-0.05, 0) is 18.6 Å². The van der Waals surface area contributed by atoms with Crippen LogP contribution in [-0.4, -0.2) is 5.91 Å². The van der Waals surface area contributed by atoms with Crippen LogP contribution in [0.4, 0.5) is 0 Å². The van der Waals surface area contributed by atoms with Crippen molar-refractivity contribution in [3.8, 4) is 11.5 Å². The van der Waals surface area contributed by atoms with Gasteiger partial charge in [-0.3, -0.25) is 4.79 Å². The molecule has 3 heteroatoms. The van der Waals surface area contributed by atoms with Crippen LogP contribution in [0.15, 0.2) is 48.5 Å². The largest absolute Gasteiger partial charge is 0.457 e. The van der Waals surface area contributed by atoms with E-state index in [9.17, 15) is 4.79 Å². The topological polar surface area (TPSA) is 38.3 Å². The standard InChI is InChI=1S/C19H21NO2/c1-2-3-4-13-18(21)20-19-14-9-5-7-11-16(14)22-17-12-8-6-10-15(17)19/h5-12,19H,2-4,13H2,1H3,(H,20,21). The lowest BCUT2D eigenvalue weighted by Crippen LogP contribution is -2.31. The number of hydrogen-bond donors (Lipinski definition) is 1. The van der Waals surface area contributed by atoms with Crippen LogP contribution in [0.25, 0.3) is 0 Å². The van der Waals surface area contributed by atoms with Crippen LogP contribution in [0.1, 0.15) is 49.8 Å². The Hall–Kier alpha value is -2.29. The molecule has 0 unspecified atom stereocenters. The summed E-state index contributed by atoms with van der Waals surface area (Å²) in [5.74, 6) is 1.74. The van der Waals surface area contributed by atoms with E-state index < -0.39 is 0 Å². The normalized spacial score (nSPS) is 13.0. The zero-order valence-corrected chi connectivity index (χ0v) is 12.8. The molecule has 0 fully saturated rings. The number of hydrogen-bond acceptors (Lipinski definition) is 2. The van der Waals surface area contributed by atoms with Crippen molar-refractivity contribution in [3.63, 3.8) is 0 Å². The Labute approximate surface area is 131 Å². The molecule has 1 N–H and O–H groups in total. The second kappa shape index (κ2) is 6.65. The predicted octanol–water partition coefficient (Wildman–Crippen LogP) is 4.58. The molecule has 0 aromatic heterocycles. The molecule has 1 heterocycles. The number of benzene rings is 2. The van der Waals surface area contributed by atoms with Gasteiger partial charge < -0.3 is 10.1 Å². The molecule has 1 amide bonds. The number of carbonyl (C=O) groups is 1. The van der Waals surface area contributed by atoms with E-state index in [1.807, 2.05) is 48.5 Å². The monoisotopic (exact) mass is 295 g/mol. The van der Waals surface area contributed by atoms with Crippen LogP contribution in [0, 0.1) is 0 Å². The first-order valence-corrected chi connectivity index (χ1v) is 7.94. The number of amides is 1. The Morgan fingerprint density at radius 3 is 2.18 bits per heavy atom. The summed E-state index contributed by atoms with van der Waals surface area (Å²) in [6.07, 6.45) is 3.73. The molecule has 0 radical (unpaired) electrons. The third kappa shape index (κ3) is 2.98. The molecule has 114 valence electrons. The summed E-state index contributed by atoms with van der Waals surface area (Å²) in [5, 5.41) is 3.17. The molecule has 3 rings (SSSR count). The van der Waals surface area contributed by atoms with E-state index >= 15 is 0 Å². The van der Waals surface area contributed by atoms with Gasteiger partial charge in [0.15, 0.2) is 0 Å². The van der Waals surface area contributed by atoms with Crippen molar-refractivity contribution in [1.29, 1.82) is 0 Å². The number of fused-ring (bicyclic) bond motifs is 2. The maximum absolute atomic E-state index is 12.3. The summed E-state index contributed by atoms with van der Waals surface area (Å²) in [4.78, 5) is 12.3. The second-order valence-electron chi connectivity index (χ2n) is 5.64. The number of nitrogens with one attached hydrogen (secondary N) is 1. The van der Waals surface area contributed by atoms with Crippen LogP contribution >= 0.6 is 0 Å². The Morgan fingerprint density at radius 1 is 1.00 bits per heavy atom. The molecule has 2 aromatic carbocycles. The molecule has 0 atom stereocenters. The van der Waals surface area contributed by atoms with Crippen molar-refractivity contribution in [2.45, 2.75) is 38.6 Å². The average molecular weight is 295 g/mol. The highest BCUT2D eigenvalue weighted by Crippen LogP contribution is 2.42. The summed E-state index contributed by atoms with van der Waals surface area (Å²) in [6, 6.07) is 15.7. The van der Waals surface area contributed by atoms with Gasteiger partial charge in [-0.2, -0.15) is 0 Å². The maximum Gasteiger partial charge on any atom is 0.220 e. The molecule has 0 bridgehead atoms. The van der Waals surface area contributed by atoms with Crippen LogP contribution in [0.3, 0.4) is 0 Å². The van der Waals surface area contributed by atoms with E-state index in [1.165, 1.54) is 0 Å². The van der Waals surface area contributed by atoms with E-state index in [0.717, 1.165) is 41.9 Å². The molecule has 0 saturated heterocycles. The average Bonchev–Trinajstić information content (AvgIpc) is 2.55. The number of carbonyl (C=O) groups excluding carboxylic acids is 1. The molecule has 0 saturated carbocycles. The van der Waals surface area contributed by atoms with Crippen molar-refractivity contribution >= 4 is 5.91 Å². The highest BCUT2D eigenvalue weighted by atomic mass is 16.5. The summed E-state index contributed by atoms with van der Waals surface area (Å²) in [5.41, 5.74) is 2.04. The minimum absolute atomic E-state index is 0.102. The van der Waals surface area contributed by atoms with Crippen molar-refractivity contribution in [3.05, 3.63) is 59.7 Å². The first-order valence-electron chi connectivity index (χ1n) is 7.94. The fraction of sp³-hybridized carbons (Fsp3) is 0.316. The van der Waals surface area contributed by atoms with Crippen LogP contribution in [-0.2, 0) is 4.79 Å². The number of unbranched alkanes of at least 4 members (excludes halogenated alkanes) is 2. The van der Waals surface area contributed by atoms with E-state index in [1.54, 1.807) is 0 Å². The quantitative estimate of drug-likeness (QED) is 0.820. The molecule has 2 aromatic rings. The number of para-hydroxylation sites is 2. The highest BCUT2D eigenvalue weighted by Gasteiger charge is 2.27. The molecule has 1 aliphatic rings. The maximum atomic E-state index is 12.3. The van der Waals surface area contributed by atoms with E-state index in [2.05, 4.69) is 12.2 Å². The zero-order valence-electron chi connectivity index (χ0n) is 12.8. The summed E-state index contributed by atoms with van der Waals surface area (Å²) in [6.45, 7) is 2.14. The lowest BCUT2D eigenvalue weighted by molar-refractivity contribution is -0.121. The van der Waals surface area contributed by atoms with E-state index in [-0.39, 0.29) is 11.9 Å². The Morgan fingerprint density at radius 2 is 1.59 bits per heavy atom. The Kier molecular flexibility index (Phi) is 4.42. The Balaban J connectivity index is 1.85. The van der Waals surface area contributed by atoms with Crippen molar-refractivity contribution in [2.75, 3.05) is 0 Å². The molecule has 22 heavy (non-hydrogen) atoms. The fourth-order valence-corrected chi connectivity index (χ4v) is 2.83. The van der Waals surface area contributed by atoms with Gasteiger partial charge in [0.2, 0.25) is 5.91 Å². The number of ether oxygens (including phenoxy) is 1. The molecule has 0 aliphatic carbocycles. The third-order valence-corrected chi connectivity index (χ3v) is 3.99. The van der Waals surface area contributed by atoms with E-state index in [0.29, 0.717) is 6.42 Å². The summed E-state index contributed by atoms with van der Waals surface area (Å²) < 4.78 is 5.94. The lowest BCUT2D eigenvalue weighted by atomic mass is 9.94. The van der Waals surface area contributed by atoms with Crippen LogP contribution in [0.2, 0.25) is 0 Å². The summed E-state index contributed by atoms with van der Waals surface area (Å²) in [7, 11) is 0. The minimum atomic E-state index is -0.129. The van der Waals surface area contributed by atoms with Gasteiger partial charge in [0.05, 0.1) is 6.04 Å². The smallest absolute Gasteiger partial charge is 0.220 e. The summed E-state index contributed by atoms with van der Waals surface area (Å²) >= 11 is 0. The van der Waals surface area contributed by atoms with Gasteiger partial charge in [-0.1, -0.05) is 56.2 Å². The van der Waals surface area contributed by atoms with Gasteiger partial charge in [-0.15, -0.1) is 0 Å². The predicted molar refractivity (Wildman–Crippen MR) is 87.1 cm³/mol. The van der Waals surface area contributed by atoms with Crippen molar-refractivity contribution < 1.29 is 9.53 Å². The van der Waals surface area contributed by atoms with Gasteiger partial charge in [0.1, 0.15) is 11.5 Å². The molecular weight excluding hydrogens is 274 g/mol. The van der Waals surface area contributed by atoms with Gasteiger partial charge >= 0.3 is 0 Å². The Bertz CT molecular complexity index is 620. The molecule has 0 spiro atoms. The van der Waals surface area contributed by atoms with Crippen LogP contribution < -0.4 is 10.1 Å². The zero-order chi connectivity index (χ0) is 15.4. The minimum Gasteiger partial charge on any atom is -0.457 e. The first kappa shape index (κ1) is 14.6. The second-order valence-corrected chi connectivity index (χ2v) is 5.64. The molecular formula is C19H21NO2. The molecule has 1 aliphatic heterocycles. The fourth-order valence-electron chi connectivity index (χ4n) is 2.83. The van der Waals surface area contributed by atoms with Crippen molar-refractivity contribution in [2.24, 2.45) is 0 Å². The third-order valence-electron chi connectivity index (χ3n) is 3.99. The van der Waals surface area contributed by atoms with Crippen molar-refractivity contribution in [1.82, 2.24) is 5.32 Å². The highest BCUT2D eigenvalue weighted by molar-refractivity contribution is 5.77. The first-order chi connectivity index (χ1) is 10.8. The van der Waals surface area contributed by atoms with Gasteiger partial charge in [0.25, 0.3) is 0 Å². The van der Waals surface area contributed by atoms with Gasteiger partial charge in [-0.25, -0.2) is 0 Å². The van der Waals surface area contributed by atoms with Gasteiger partial charge in [0, 0.05) is 17.5 Å². The molecule has 3 nitrogen and oxygen atoms in total. The SMILES string of the molecule is CCCCCC(=O)NC1c2ccccc2Oc2ccccc21. The number of rotatable bonds is 5. The lowest BCUT2D eigenvalue weighted by Gasteiger charge is -2.28. The van der Waals surface area contributed by atoms with Crippen LogP contribution in [0.5, 0.6) is 11.5 Å². The van der Waals surface area contributed by atoms with E-state index in [4.69, 9.17) is 4.74 Å².